The minimum absolute atomic E-state index is 0.131. The van der Waals surface area contributed by atoms with Crippen molar-refractivity contribution < 1.29 is 0 Å². The second kappa shape index (κ2) is 6.72. The van der Waals surface area contributed by atoms with Crippen LogP contribution in [0, 0.1) is 0 Å². The van der Waals surface area contributed by atoms with Crippen molar-refractivity contribution in [3.8, 4) is 0 Å². The molecule has 0 bridgehead atoms. The largest absolute Gasteiger partial charge is 0.0991 e. The van der Waals surface area contributed by atoms with E-state index in [1.54, 1.807) is 6.08 Å². The lowest BCUT2D eigenvalue weighted by Gasteiger charge is -2.27. The molecule has 0 saturated carbocycles. The van der Waals surface area contributed by atoms with Gasteiger partial charge in [-0.15, -0.1) is 0 Å². The Morgan fingerprint density at radius 1 is 0.750 bits per heavy atom. The molecule has 0 atom stereocenters. The number of benzene rings is 2. The molecular formula is C20H20. The van der Waals surface area contributed by atoms with E-state index in [-0.39, 0.29) is 5.41 Å². The second-order valence-electron chi connectivity index (χ2n) is 4.91. The Morgan fingerprint density at radius 3 is 1.70 bits per heavy atom. The Bertz CT molecular complexity index is 549. The highest BCUT2D eigenvalue weighted by Gasteiger charge is 2.24. The summed E-state index contributed by atoms with van der Waals surface area (Å²) >= 11 is 0. The zero-order valence-corrected chi connectivity index (χ0v) is 11.9. The molecule has 0 N–H and O–H groups in total. The van der Waals surface area contributed by atoms with Gasteiger partial charge in [-0.3, -0.25) is 0 Å². The molecule has 20 heavy (non-hydrogen) atoms. The maximum atomic E-state index is 3.69. The summed E-state index contributed by atoms with van der Waals surface area (Å²) in [6.07, 6.45) is 10.1. The van der Waals surface area contributed by atoms with Crippen molar-refractivity contribution in [2.75, 3.05) is 0 Å². The summed E-state index contributed by atoms with van der Waals surface area (Å²) in [5, 5.41) is 0. The summed E-state index contributed by atoms with van der Waals surface area (Å²) in [6, 6.07) is 21.2. The van der Waals surface area contributed by atoms with Crippen molar-refractivity contribution in [1.29, 1.82) is 0 Å². The van der Waals surface area contributed by atoms with Crippen molar-refractivity contribution in [3.05, 3.63) is 109 Å². The average Bonchev–Trinajstić information content (AvgIpc) is 2.53. The molecule has 0 unspecified atom stereocenters. The summed E-state index contributed by atoms with van der Waals surface area (Å²) in [5.74, 6) is 0. The standard InChI is InChI=1S/C20H20/c1-3-4-5-12-17-20(2,18-13-8-6-9-14-18)19-15-10-7-11-16-19/h3-17H,1H2,2H3/b5-4-,17-12-. The summed E-state index contributed by atoms with van der Waals surface area (Å²) in [6.45, 7) is 5.94. The van der Waals surface area contributed by atoms with Gasteiger partial charge in [-0.05, 0) is 18.1 Å². The fraction of sp³-hybridized carbons (Fsp3) is 0.100. The Labute approximate surface area is 121 Å². The fourth-order valence-electron chi connectivity index (χ4n) is 2.32. The van der Waals surface area contributed by atoms with Crippen LogP contribution in [0.4, 0.5) is 0 Å². The van der Waals surface area contributed by atoms with E-state index in [2.05, 4.69) is 86.3 Å². The molecule has 2 aromatic carbocycles. The van der Waals surface area contributed by atoms with Gasteiger partial charge in [0.1, 0.15) is 0 Å². The molecule has 0 aliphatic heterocycles. The summed E-state index contributed by atoms with van der Waals surface area (Å²) < 4.78 is 0. The Hall–Kier alpha value is -2.34. The normalized spacial score (nSPS) is 12.1. The highest BCUT2D eigenvalue weighted by atomic mass is 14.3. The zero-order valence-electron chi connectivity index (χ0n) is 11.9. The SMILES string of the molecule is C=C/C=C\C=C/C(C)(c1ccccc1)c1ccccc1. The van der Waals surface area contributed by atoms with Crippen molar-refractivity contribution in [2.45, 2.75) is 12.3 Å². The number of allylic oxidation sites excluding steroid dienone is 5. The van der Waals surface area contributed by atoms with E-state index in [1.807, 2.05) is 12.2 Å². The van der Waals surface area contributed by atoms with E-state index in [1.165, 1.54) is 11.1 Å². The molecule has 0 saturated heterocycles. The van der Waals surface area contributed by atoms with E-state index in [9.17, 15) is 0 Å². The van der Waals surface area contributed by atoms with Crippen LogP contribution in [0.15, 0.2) is 97.6 Å². The molecule has 0 nitrogen and oxygen atoms in total. The minimum atomic E-state index is -0.131. The van der Waals surface area contributed by atoms with Crippen LogP contribution in [-0.4, -0.2) is 0 Å². The lowest BCUT2D eigenvalue weighted by molar-refractivity contribution is 0.724. The molecule has 0 fully saturated rings. The summed E-state index contributed by atoms with van der Waals surface area (Å²) in [5.41, 5.74) is 2.44. The maximum absolute atomic E-state index is 3.69. The minimum Gasteiger partial charge on any atom is -0.0991 e. The highest BCUT2D eigenvalue weighted by Crippen LogP contribution is 2.33. The monoisotopic (exact) mass is 260 g/mol. The first kappa shape index (κ1) is 14.1. The van der Waals surface area contributed by atoms with Gasteiger partial charge in [0, 0.05) is 5.41 Å². The molecule has 0 amide bonds. The van der Waals surface area contributed by atoms with Crippen LogP contribution in [0.25, 0.3) is 0 Å². The third-order valence-electron chi connectivity index (χ3n) is 3.53. The van der Waals surface area contributed by atoms with Crippen molar-refractivity contribution in [2.24, 2.45) is 0 Å². The van der Waals surface area contributed by atoms with E-state index in [0.29, 0.717) is 0 Å². The smallest absolute Gasteiger partial charge is 0.0356 e. The molecule has 0 aliphatic carbocycles. The van der Waals surface area contributed by atoms with Gasteiger partial charge in [0.05, 0.1) is 0 Å². The first-order chi connectivity index (χ1) is 9.77. The third kappa shape index (κ3) is 3.16. The molecule has 0 heterocycles. The maximum Gasteiger partial charge on any atom is 0.0356 e. The molecule has 0 radical (unpaired) electrons. The topological polar surface area (TPSA) is 0 Å². The van der Waals surface area contributed by atoms with Gasteiger partial charge in [0.15, 0.2) is 0 Å². The van der Waals surface area contributed by atoms with Crippen LogP contribution in [0.5, 0.6) is 0 Å². The Kier molecular flexibility index (Phi) is 4.73. The van der Waals surface area contributed by atoms with Gasteiger partial charge >= 0.3 is 0 Å². The van der Waals surface area contributed by atoms with Crippen LogP contribution in [0.1, 0.15) is 18.1 Å². The molecule has 2 aromatic rings. The Balaban J connectivity index is 2.46. The lowest BCUT2D eigenvalue weighted by Crippen LogP contribution is -2.20. The van der Waals surface area contributed by atoms with E-state index in [4.69, 9.17) is 0 Å². The Morgan fingerprint density at radius 2 is 1.25 bits per heavy atom. The predicted octanol–water partition coefficient (Wildman–Crippen LogP) is 5.29. The zero-order chi connectivity index (χ0) is 14.3. The van der Waals surface area contributed by atoms with Gasteiger partial charge in [0.25, 0.3) is 0 Å². The molecule has 100 valence electrons. The van der Waals surface area contributed by atoms with Crippen LogP contribution in [-0.2, 0) is 5.41 Å². The summed E-state index contributed by atoms with van der Waals surface area (Å²) in [4.78, 5) is 0. The quantitative estimate of drug-likeness (QED) is 0.641. The average molecular weight is 260 g/mol. The van der Waals surface area contributed by atoms with E-state index < -0.39 is 0 Å². The van der Waals surface area contributed by atoms with Crippen LogP contribution in [0.2, 0.25) is 0 Å². The van der Waals surface area contributed by atoms with E-state index in [0.717, 1.165) is 0 Å². The van der Waals surface area contributed by atoms with Gasteiger partial charge in [-0.1, -0.05) is 97.6 Å². The van der Waals surface area contributed by atoms with Crippen molar-refractivity contribution >= 4 is 0 Å². The van der Waals surface area contributed by atoms with Crippen LogP contribution >= 0.6 is 0 Å². The molecule has 2 rings (SSSR count). The first-order valence-corrected chi connectivity index (χ1v) is 6.85. The van der Waals surface area contributed by atoms with Crippen molar-refractivity contribution in [1.82, 2.24) is 0 Å². The highest BCUT2D eigenvalue weighted by molar-refractivity contribution is 5.43. The number of hydrogen-bond acceptors (Lipinski definition) is 0. The molecule has 0 heteroatoms. The van der Waals surface area contributed by atoms with Gasteiger partial charge in [-0.2, -0.15) is 0 Å². The van der Waals surface area contributed by atoms with Gasteiger partial charge < -0.3 is 0 Å². The van der Waals surface area contributed by atoms with Crippen LogP contribution < -0.4 is 0 Å². The number of hydrogen-bond donors (Lipinski definition) is 0. The predicted molar refractivity (Wildman–Crippen MR) is 87.8 cm³/mol. The second-order valence-corrected chi connectivity index (χ2v) is 4.91. The molecule has 0 aromatic heterocycles. The summed E-state index contributed by atoms with van der Waals surface area (Å²) in [7, 11) is 0. The van der Waals surface area contributed by atoms with Gasteiger partial charge in [-0.25, -0.2) is 0 Å². The molecule has 0 aliphatic rings. The third-order valence-corrected chi connectivity index (χ3v) is 3.53. The van der Waals surface area contributed by atoms with Crippen molar-refractivity contribution in [3.63, 3.8) is 0 Å². The lowest BCUT2D eigenvalue weighted by atomic mass is 9.76. The number of rotatable bonds is 5. The van der Waals surface area contributed by atoms with Gasteiger partial charge in [0.2, 0.25) is 0 Å². The molecule has 0 spiro atoms. The fourth-order valence-corrected chi connectivity index (χ4v) is 2.32. The van der Waals surface area contributed by atoms with Crippen LogP contribution in [0.3, 0.4) is 0 Å². The molecular weight excluding hydrogens is 240 g/mol. The van der Waals surface area contributed by atoms with E-state index >= 15 is 0 Å². The first-order valence-electron chi connectivity index (χ1n) is 6.85.